The lowest BCUT2D eigenvalue weighted by Gasteiger charge is -2.57. The Labute approximate surface area is 133 Å². The molecular weight excluding hydrogens is 292 g/mol. The second kappa shape index (κ2) is 3.54. The normalized spacial score (nSPS) is 47.0. The minimum absolute atomic E-state index is 0.00826. The number of carbonyl (C=O) groups excluding carboxylic acids is 1. The lowest BCUT2D eigenvalue weighted by Crippen LogP contribution is -2.64. The van der Waals surface area contributed by atoms with E-state index in [4.69, 9.17) is 9.47 Å². The molecule has 4 heteroatoms. The Balaban J connectivity index is 1.78. The molecule has 7 rings (SSSR count). The molecule has 1 aromatic carbocycles. The van der Waals surface area contributed by atoms with Crippen LogP contribution in [0, 0.1) is 24.2 Å². The number of hydrogen-bond acceptors (Lipinski definition) is 4. The second-order valence-electron chi connectivity index (χ2n) is 8.00. The first-order valence-electron chi connectivity index (χ1n) is 8.58. The van der Waals surface area contributed by atoms with Crippen LogP contribution < -0.4 is 5.43 Å². The zero-order chi connectivity index (χ0) is 15.7. The van der Waals surface area contributed by atoms with Gasteiger partial charge in [-0.1, -0.05) is 6.92 Å². The van der Waals surface area contributed by atoms with E-state index in [0.717, 1.165) is 24.0 Å². The molecule has 0 N–H and O–H groups in total. The number of rotatable bonds is 0. The molecule has 0 aromatic heterocycles. The lowest BCUT2D eigenvalue weighted by atomic mass is 9.50. The molecule has 3 aliphatic carbocycles. The highest BCUT2D eigenvalue weighted by Crippen LogP contribution is 2.73. The molecule has 4 fully saturated rings. The zero-order valence-electron chi connectivity index (χ0n) is 13.2. The van der Waals surface area contributed by atoms with Gasteiger partial charge in [0.15, 0.2) is 5.43 Å². The first kappa shape index (κ1) is 12.7. The number of fused-ring (bicyclic) bond motifs is 2. The van der Waals surface area contributed by atoms with E-state index in [2.05, 4.69) is 6.92 Å². The zero-order valence-corrected chi connectivity index (χ0v) is 13.2. The van der Waals surface area contributed by atoms with Crippen molar-refractivity contribution in [1.29, 1.82) is 0 Å². The number of hydrogen-bond donors (Lipinski definition) is 0. The fraction of sp³-hybridized carbons (Fsp3) is 0.579. The van der Waals surface area contributed by atoms with Gasteiger partial charge in [0.2, 0.25) is 0 Å². The molecule has 0 amide bonds. The van der Waals surface area contributed by atoms with Gasteiger partial charge in [-0.2, -0.15) is 0 Å². The van der Waals surface area contributed by atoms with Crippen LogP contribution in [0.15, 0.2) is 16.9 Å². The van der Waals surface area contributed by atoms with E-state index in [0.29, 0.717) is 0 Å². The molecule has 118 valence electrons. The highest BCUT2D eigenvalue weighted by atomic mass is 16.6. The Morgan fingerprint density at radius 2 is 2.00 bits per heavy atom. The van der Waals surface area contributed by atoms with E-state index in [9.17, 15) is 9.59 Å². The predicted octanol–water partition coefficient (Wildman–Crippen LogP) is 2.02. The van der Waals surface area contributed by atoms with Gasteiger partial charge in [0.05, 0.1) is 17.6 Å². The maximum absolute atomic E-state index is 12.9. The number of aryl methyl sites for hydroxylation is 2. The van der Waals surface area contributed by atoms with Crippen molar-refractivity contribution in [2.75, 3.05) is 0 Å². The fourth-order valence-electron chi connectivity index (χ4n) is 6.56. The SMILES string of the molecule is Cc1cc(=O)cc2c3c1[C@@H]1O[C@H]4C5OC(=O)[C@@](CC2)(C3C51)[C@@H]4C. The first-order valence-corrected chi connectivity index (χ1v) is 8.58. The molecule has 4 bridgehead atoms. The van der Waals surface area contributed by atoms with E-state index in [1.54, 1.807) is 12.1 Å². The summed E-state index contributed by atoms with van der Waals surface area (Å²) in [7, 11) is 0. The average molecular weight is 310 g/mol. The topological polar surface area (TPSA) is 52.6 Å². The Kier molecular flexibility index (Phi) is 1.95. The molecule has 0 radical (unpaired) electrons. The van der Waals surface area contributed by atoms with Gasteiger partial charge < -0.3 is 9.47 Å². The Hall–Kier alpha value is -1.68. The Morgan fingerprint density at radius 3 is 2.83 bits per heavy atom. The largest absolute Gasteiger partial charge is 0.459 e. The average Bonchev–Trinajstić information content (AvgIpc) is 2.95. The lowest BCUT2D eigenvalue weighted by molar-refractivity contribution is -0.215. The van der Waals surface area contributed by atoms with Crippen molar-refractivity contribution in [2.45, 2.75) is 50.9 Å². The van der Waals surface area contributed by atoms with Crippen LogP contribution in [0.2, 0.25) is 0 Å². The molecule has 3 aliphatic heterocycles. The van der Waals surface area contributed by atoms with Gasteiger partial charge in [-0.25, -0.2) is 0 Å². The van der Waals surface area contributed by atoms with Gasteiger partial charge in [-0.3, -0.25) is 9.59 Å². The summed E-state index contributed by atoms with van der Waals surface area (Å²) in [6.45, 7) is 4.17. The molecule has 3 unspecified atom stereocenters. The third kappa shape index (κ3) is 1.11. The third-order valence-electron chi connectivity index (χ3n) is 7.36. The van der Waals surface area contributed by atoms with Crippen molar-refractivity contribution in [3.8, 4) is 0 Å². The van der Waals surface area contributed by atoms with Gasteiger partial charge in [-0.15, -0.1) is 0 Å². The van der Waals surface area contributed by atoms with Crippen LogP contribution >= 0.6 is 0 Å². The summed E-state index contributed by atoms with van der Waals surface area (Å²) < 4.78 is 12.3. The Morgan fingerprint density at radius 1 is 1.17 bits per heavy atom. The minimum atomic E-state index is -0.444. The third-order valence-corrected chi connectivity index (χ3v) is 7.36. The quantitative estimate of drug-likeness (QED) is 0.688. The van der Waals surface area contributed by atoms with Gasteiger partial charge in [0.1, 0.15) is 6.10 Å². The standard InChI is InChI=1S/C19H18O4/c1-7-5-10(20)6-9-3-4-19-8(2)15-17(23-18(19)21)13-14(19)12(9)11(7)16(13)22-15/h5-6,8,13-17H,3-4H2,1-2H3/t8-,13?,14?,15-,16+,17?,19-/m1/s1. The van der Waals surface area contributed by atoms with Gasteiger partial charge in [0, 0.05) is 17.8 Å². The van der Waals surface area contributed by atoms with Crippen LogP contribution in [-0.2, 0) is 20.7 Å². The molecule has 3 saturated heterocycles. The highest BCUT2D eigenvalue weighted by molar-refractivity contribution is 5.83. The van der Waals surface area contributed by atoms with Crippen LogP contribution in [0.4, 0.5) is 0 Å². The predicted molar refractivity (Wildman–Crippen MR) is 81.1 cm³/mol. The fourth-order valence-corrected chi connectivity index (χ4v) is 6.56. The van der Waals surface area contributed by atoms with E-state index in [-0.39, 0.29) is 47.5 Å². The number of esters is 1. The van der Waals surface area contributed by atoms with Gasteiger partial charge >= 0.3 is 5.97 Å². The number of carbonyl (C=O) groups is 1. The monoisotopic (exact) mass is 310 g/mol. The molecular formula is C19H18O4. The summed E-state index contributed by atoms with van der Waals surface area (Å²) in [5, 5.41) is 0. The van der Waals surface area contributed by atoms with Gasteiger partial charge in [-0.05, 0) is 54.2 Å². The maximum atomic E-state index is 12.9. The molecule has 7 atom stereocenters. The van der Waals surface area contributed by atoms with Crippen molar-refractivity contribution in [2.24, 2.45) is 17.3 Å². The van der Waals surface area contributed by atoms with Crippen LogP contribution in [0.1, 0.15) is 47.6 Å². The summed E-state index contributed by atoms with van der Waals surface area (Å²) in [6.07, 6.45) is 1.47. The van der Waals surface area contributed by atoms with Crippen molar-refractivity contribution < 1.29 is 14.3 Å². The highest BCUT2D eigenvalue weighted by Gasteiger charge is 2.76. The van der Waals surface area contributed by atoms with E-state index < -0.39 is 5.41 Å². The summed E-state index contributed by atoms with van der Waals surface area (Å²) in [5.41, 5.74) is 4.19. The van der Waals surface area contributed by atoms with E-state index in [1.807, 2.05) is 6.92 Å². The van der Waals surface area contributed by atoms with E-state index >= 15 is 0 Å². The van der Waals surface area contributed by atoms with Crippen molar-refractivity contribution in [3.05, 3.63) is 44.6 Å². The molecule has 1 spiro atoms. The summed E-state index contributed by atoms with van der Waals surface area (Å²) in [6, 6.07) is 3.52. The minimum Gasteiger partial charge on any atom is -0.459 e. The van der Waals surface area contributed by atoms with Crippen molar-refractivity contribution >= 4 is 5.97 Å². The number of ether oxygens (including phenoxy) is 2. The van der Waals surface area contributed by atoms with Crippen LogP contribution in [0.5, 0.6) is 0 Å². The molecule has 1 saturated carbocycles. The summed E-state index contributed by atoms with van der Waals surface area (Å²) in [5.74, 6) is 0.594. The van der Waals surface area contributed by atoms with Crippen LogP contribution in [0.3, 0.4) is 0 Å². The van der Waals surface area contributed by atoms with Crippen molar-refractivity contribution in [3.63, 3.8) is 0 Å². The molecule has 6 aliphatic rings. The maximum Gasteiger partial charge on any atom is 0.313 e. The first-order chi connectivity index (χ1) is 11.0. The van der Waals surface area contributed by atoms with E-state index in [1.165, 1.54) is 11.1 Å². The van der Waals surface area contributed by atoms with Crippen LogP contribution in [-0.4, -0.2) is 18.2 Å². The molecule has 23 heavy (non-hydrogen) atoms. The van der Waals surface area contributed by atoms with Crippen molar-refractivity contribution in [1.82, 2.24) is 0 Å². The van der Waals surface area contributed by atoms with Crippen LogP contribution in [0.25, 0.3) is 0 Å². The Bertz CT molecular complexity index is 859. The molecule has 3 heterocycles. The summed E-state index contributed by atoms with van der Waals surface area (Å²) >= 11 is 0. The molecule has 4 nitrogen and oxygen atoms in total. The molecule has 1 aromatic rings. The summed E-state index contributed by atoms with van der Waals surface area (Å²) in [4.78, 5) is 25.0. The smallest absolute Gasteiger partial charge is 0.313 e. The second-order valence-corrected chi connectivity index (χ2v) is 8.00. The van der Waals surface area contributed by atoms with Gasteiger partial charge in [0.25, 0.3) is 0 Å².